The highest BCUT2D eigenvalue weighted by Gasteiger charge is 2.36. The van der Waals surface area contributed by atoms with E-state index in [2.05, 4.69) is 33.0 Å². The van der Waals surface area contributed by atoms with Crippen LogP contribution >= 0.6 is 0 Å². The minimum Gasteiger partial charge on any atom is -0.311 e. The summed E-state index contributed by atoms with van der Waals surface area (Å²) in [6, 6.07) is 1.56. The Morgan fingerprint density at radius 3 is 2.54 bits per heavy atom. The van der Waals surface area contributed by atoms with Crippen molar-refractivity contribution in [2.24, 2.45) is 11.8 Å². The normalized spacial score (nSPS) is 31.4. The Balaban J connectivity index is 2.12. The molecule has 1 nitrogen and oxygen atoms in total. The lowest BCUT2D eigenvalue weighted by Crippen LogP contribution is -2.34. The first-order chi connectivity index (χ1) is 6.19. The number of rotatable bonds is 6. The van der Waals surface area contributed by atoms with Gasteiger partial charge in [0.15, 0.2) is 0 Å². The summed E-state index contributed by atoms with van der Waals surface area (Å²) < 4.78 is 0. The molecule has 0 radical (unpaired) electrons. The van der Waals surface area contributed by atoms with Gasteiger partial charge in [-0.1, -0.05) is 33.6 Å². The Hall–Kier alpha value is -0.0400. The molecule has 1 heteroatoms. The Bertz CT molecular complexity index is 144. The Morgan fingerprint density at radius 2 is 2.00 bits per heavy atom. The molecule has 13 heavy (non-hydrogen) atoms. The summed E-state index contributed by atoms with van der Waals surface area (Å²) in [5.74, 6) is 1.82. The van der Waals surface area contributed by atoms with E-state index in [-0.39, 0.29) is 0 Å². The molecular formula is C12H25N. The maximum atomic E-state index is 3.74. The van der Waals surface area contributed by atoms with E-state index in [4.69, 9.17) is 0 Å². The molecular weight excluding hydrogens is 158 g/mol. The molecule has 4 atom stereocenters. The molecule has 0 aromatic rings. The first-order valence-electron chi connectivity index (χ1n) is 5.95. The summed E-state index contributed by atoms with van der Waals surface area (Å²) in [5.41, 5.74) is 0. The van der Waals surface area contributed by atoms with Gasteiger partial charge in [0.1, 0.15) is 0 Å². The fraction of sp³-hybridized carbons (Fsp3) is 1.00. The highest BCUT2D eigenvalue weighted by Crippen LogP contribution is 2.35. The van der Waals surface area contributed by atoms with Gasteiger partial charge in [-0.2, -0.15) is 0 Å². The van der Waals surface area contributed by atoms with Crippen LogP contribution in [0.3, 0.4) is 0 Å². The lowest BCUT2D eigenvalue weighted by atomic mass is 10.0. The predicted molar refractivity (Wildman–Crippen MR) is 58.9 cm³/mol. The molecule has 4 unspecified atom stereocenters. The molecule has 1 saturated carbocycles. The third kappa shape index (κ3) is 3.30. The van der Waals surface area contributed by atoms with Gasteiger partial charge in [0, 0.05) is 12.1 Å². The third-order valence-electron chi connectivity index (χ3n) is 3.56. The van der Waals surface area contributed by atoms with E-state index in [9.17, 15) is 0 Å². The average molecular weight is 183 g/mol. The number of hydrogen-bond donors (Lipinski definition) is 1. The van der Waals surface area contributed by atoms with Crippen LogP contribution in [-0.4, -0.2) is 12.1 Å². The zero-order chi connectivity index (χ0) is 9.84. The first-order valence-corrected chi connectivity index (χ1v) is 5.95. The van der Waals surface area contributed by atoms with Crippen molar-refractivity contribution in [3.8, 4) is 0 Å². The van der Waals surface area contributed by atoms with Gasteiger partial charge in [0.05, 0.1) is 0 Å². The molecule has 0 amide bonds. The van der Waals surface area contributed by atoms with Crippen LogP contribution in [0.5, 0.6) is 0 Å². The van der Waals surface area contributed by atoms with Crippen LogP contribution in [0.4, 0.5) is 0 Å². The van der Waals surface area contributed by atoms with Crippen molar-refractivity contribution >= 4 is 0 Å². The summed E-state index contributed by atoms with van der Waals surface area (Å²) in [6.45, 7) is 9.23. The lowest BCUT2D eigenvalue weighted by molar-refractivity contribution is 0.379. The van der Waals surface area contributed by atoms with Crippen molar-refractivity contribution in [2.45, 2.75) is 65.5 Å². The summed E-state index contributed by atoms with van der Waals surface area (Å²) in [6.07, 6.45) is 5.49. The lowest BCUT2D eigenvalue weighted by Gasteiger charge is -2.20. The second-order valence-electron chi connectivity index (χ2n) is 4.73. The minimum absolute atomic E-state index is 0.705. The van der Waals surface area contributed by atoms with Gasteiger partial charge in [-0.3, -0.25) is 0 Å². The van der Waals surface area contributed by atoms with Crippen molar-refractivity contribution in [3.63, 3.8) is 0 Å². The molecule has 0 spiro atoms. The van der Waals surface area contributed by atoms with Crippen LogP contribution in [0.25, 0.3) is 0 Å². The molecule has 1 aliphatic carbocycles. The number of hydrogen-bond acceptors (Lipinski definition) is 1. The van der Waals surface area contributed by atoms with Crippen molar-refractivity contribution in [1.82, 2.24) is 5.32 Å². The molecule has 0 aromatic heterocycles. The molecule has 0 heterocycles. The van der Waals surface area contributed by atoms with Crippen molar-refractivity contribution in [1.29, 1.82) is 0 Å². The van der Waals surface area contributed by atoms with Crippen molar-refractivity contribution in [3.05, 3.63) is 0 Å². The van der Waals surface area contributed by atoms with Gasteiger partial charge in [-0.25, -0.2) is 0 Å². The van der Waals surface area contributed by atoms with E-state index < -0.39 is 0 Å². The fourth-order valence-electron chi connectivity index (χ4n) is 2.00. The van der Waals surface area contributed by atoms with Crippen molar-refractivity contribution in [2.75, 3.05) is 0 Å². The average Bonchev–Trinajstić information content (AvgIpc) is 2.83. The Kier molecular flexibility index (Phi) is 4.24. The molecule has 1 aliphatic rings. The van der Waals surface area contributed by atoms with Gasteiger partial charge in [-0.05, 0) is 31.6 Å². The second kappa shape index (κ2) is 4.99. The maximum absolute atomic E-state index is 3.74. The van der Waals surface area contributed by atoms with Crippen molar-refractivity contribution < 1.29 is 0 Å². The molecule has 1 fully saturated rings. The zero-order valence-corrected chi connectivity index (χ0v) is 9.64. The summed E-state index contributed by atoms with van der Waals surface area (Å²) >= 11 is 0. The monoisotopic (exact) mass is 183 g/mol. The van der Waals surface area contributed by atoms with Crippen LogP contribution < -0.4 is 5.32 Å². The van der Waals surface area contributed by atoms with E-state index in [0.717, 1.165) is 17.9 Å². The number of nitrogens with one attached hydrogen (secondary N) is 1. The van der Waals surface area contributed by atoms with Crippen LogP contribution in [0, 0.1) is 11.8 Å². The standard InChI is InChI=1S/C12H25N/c1-5-7-11-8-12(11)13-10(4)9(3)6-2/h9-13H,5-8H2,1-4H3. The quantitative estimate of drug-likeness (QED) is 0.667. The third-order valence-corrected chi connectivity index (χ3v) is 3.56. The Morgan fingerprint density at radius 1 is 1.31 bits per heavy atom. The summed E-state index contributed by atoms with van der Waals surface area (Å²) in [5, 5.41) is 3.74. The highest BCUT2D eigenvalue weighted by molar-refractivity contribution is 4.94. The predicted octanol–water partition coefficient (Wildman–Crippen LogP) is 3.20. The van der Waals surface area contributed by atoms with Gasteiger partial charge in [0.25, 0.3) is 0 Å². The summed E-state index contributed by atoms with van der Waals surface area (Å²) in [7, 11) is 0. The largest absolute Gasteiger partial charge is 0.311 e. The molecule has 1 rings (SSSR count). The maximum Gasteiger partial charge on any atom is 0.0102 e. The van der Waals surface area contributed by atoms with Gasteiger partial charge in [-0.15, -0.1) is 0 Å². The van der Waals surface area contributed by atoms with Gasteiger partial charge < -0.3 is 5.32 Å². The minimum atomic E-state index is 0.705. The molecule has 0 aliphatic heterocycles. The Labute approximate surface area is 83.3 Å². The van der Waals surface area contributed by atoms with E-state index in [1.807, 2.05) is 0 Å². The zero-order valence-electron chi connectivity index (χ0n) is 9.64. The fourth-order valence-corrected chi connectivity index (χ4v) is 2.00. The second-order valence-corrected chi connectivity index (χ2v) is 4.73. The molecule has 0 saturated heterocycles. The van der Waals surface area contributed by atoms with Gasteiger partial charge >= 0.3 is 0 Å². The van der Waals surface area contributed by atoms with E-state index in [0.29, 0.717) is 6.04 Å². The van der Waals surface area contributed by atoms with E-state index in [1.165, 1.54) is 25.7 Å². The SMILES string of the molecule is CCCC1CC1NC(C)C(C)CC. The van der Waals surface area contributed by atoms with E-state index in [1.54, 1.807) is 0 Å². The smallest absolute Gasteiger partial charge is 0.0102 e. The van der Waals surface area contributed by atoms with E-state index >= 15 is 0 Å². The molecule has 1 N–H and O–H groups in total. The van der Waals surface area contributed by atoms with Crippen LogP contribution in [0.15, 0.2) is 0 Å². The first kappa shape index (κ1) is 11.0. The van der Waals surface area contributed by atoms with Crippen LogP contribution in [-0.2, 0) is 0 Å². The van der Waals surface area contributed by atoms with Crippen LogP contribution in [0.2, 0.25) is 0 Å². The summed E-state index contributed by atoms with van der Waals surface area (Å²) in [4.78, 5) is 0. The highest BCUT2D eigenvalue weighted by atomic mass is 15.0. The van der Waals surface area contributed by atoms with Crippen LogP contribution in [0.1, 0.15) is 53.4 Å². The topological polar surface area (TPSA) is 12.0 Å². The molecule has 78 valence electrons. The molecule has 0 aromatic carbocycles. The molecule has 0 bridgehead atoms. The van der Waals surface area contributed by atoms with Gasteiger partial charge in [0.2, 0.25) is 0 Å².